The lowest BCUT2D eigenvalue weighted by molar-refractivity contribution is 0.0581. The zero-order valence-electron chi connectivity index (χ0n) is 21.9. The van der Waals surface area contributed by atoms with E-state index in [2.05, 4.69) is 27.2 Å². The molecule has 3 fully saturated rings. The molecule has 4 rings (SSSR count). The van der Waals surface area contributed by atoms with Crippen LogP contribution in [-0.2, 0) is 4.74 Å². The Kier molecular flexibility index (Phi) is 9.26. The van der Waals surface area contributed by atoms with Crippen LogP contribution in [0.15, 0.2) is 12.7 Å². The number of rotatable bonds is 10. The van der Waals surface area contributed by atoms with E-state index < -0.39 is 12.2 Å². The van der Waals surface area contributed by atoms with Crippen molar-refractivity contribution in [2.75, 3.05) is 43.5 Å². The molecule has 11 heteroatoms. The Morgan fingerprint density at radius 2 is 1.89 bits per heavy atom. The van der Waals surface area contributed by atoms with Gasteiger partial charge in [0.15, 0.2) is 5.82 Å². The summed E-state index contributed by atoms with van der Waals surface area (Å²) >= 11 is 0. The van der Waals surface area contributed by atoms with Crippen molar-refractivity contribution in [3.8, 4) is 11.9 Å². The molecule has 1 aromatic rings. The number of amides is 2. The monoisotopic (exact) mass is 526 g/mol. The van der Waals surface area contributed by atoms with Gasteiger partial charge in [-0.2, -0.15) is 15.2 Å². The van der Waals surface area contributed by atoms with E-state index in [4.69, 9.17) is 14.6 Å². The summed E-state index contributed by atoms with van der Waals surface area (Å²) in [5, 5.41) is 24.7. The van der Waals surface area contributed by atoms with Crippen molar-refractivity contribution in [2.45, 2.75) is 64.2 Å². The third-order valence-electron chi connectivity index (χ3n) is 8.32. The number of likely N-dealkylation sites (tertiary alicyclic amines) is 1. The fourth-order valence-corrected chi connectivity index (χ4v) is 5.76. The number of carboxylic acid groups (broad SMARTS) is 1. The minimum atomic E-state index is -0.889. The highest BCUT2D eigenvalue weighted by Gasteiger charge is 2.39. The maximum absolute atomic E-state index is 12.4. The number of carbonyl (C=O) groups excluding carboxylic acids is 1. The Balaban J connectivity index is 1.42. The first-order valence-electron chi connectivity index (χ1n) is 13.6. The molecule has 2 aliphatic carbocycles. The zero-order valence-corrected chi connectivity index (χ0v) is 21.9. The number of aromatic nitrogens is 2. The maximum atomic E-state index is 12.4. The summed E-state index contributed by atoms with van der Waals surface area (Å²) in [6, 6.07) is 1.98. The second-order valence-corrected chi connectivity index (χ2v) is 10.7. The molecule has 0 radical (unpaired) electrons. The average molecular weight is 527 g/mol. The fraction of sp³-hybridized carbons (Fsp3) is 0.667. The Morgan fingerprint density at radius 3 is 2.50 bits per heavy atom. The van der Waals surface area contributed by atoms with Crippen LogP contribution in [-0.4, -0.2) is 65.0 Å². The van der Waals surface area contributed by atoms with E-state index >= 15 is 0 Å². The highest BCUT2D eigenvalue weighted by molar-refractivity contribution is 5.90. The summed E-state index contributed by atoms with van der Waals surface area (Å²) in [5.74, 6) is 1.19. The summed E-state index contributed by atoms with van der Waals surface area (Å²) in [6.45, 7) is 5.59. The van der Waals surface area contributed by atoms with Crippen LogP contribution in [0.2, 0.25) is 0 Å². The third kappa shape index (κ3) is 7.05. The largest absolute Gasteiger partial charge is 0.476 e. The molecule has 2 heterocycles. The van der Waals surface area contributed by atoms with Gasteiger partial charge in [-0.3, -0.25) is 5.32 Å². The summed E-state index contributed by atoms with van der Waals surface area (Å²) in [5.41, 5.74) is 0.816. The van der Waals surface area contributed by atoms with Gasteiger partial charge < -0.3 is 24.8 Å². The van der Waals surface area contributed by atoms with Crippen molar-refractivity contribution in [1.29, 1.82) is 5.26 Å². The number of nitriles is 1. The lowest BCUT2D eigenvalue weighted by Crippen LogP contribution is -2.37. The molecular weight excluding hydrogens is 488 g/mol. The standard InChI is InChI=1S/C27H38N6O5/c1-2-15-38-25(34)32-22-23(29-18-20-4-11-27(12-5-20)9-3-10-27)30-21(17-28)31-24(22)37-16-8-19-6-13-33(14-7-19)26(35)36/h2,19-20H,1,3-16,18H2,(H,32,34)(H,35,36)(H,29,30,31). The smallest absolute Gasteiger partial charge is 0.412 e. The molecule has 0 aromatic carbocycles. The van der Waals surface area contributed by atoms with Gasteiger partial charge in [0.05, 0.1) is 6.61 Å². The first-order valence-corrected chi connectivity index (χ1v) is 13.6. The molecule has 0 bridgehead atoms. The van der Waals surface area contributed by atoms with Crippen LogP contribution in [0.25, 0.3) is 0 Å². The van der Waals surface area contributed by atoms with Gasteiger partial charge in [0.2, 0.25) is 11.7 Å². The van der Waals surface area contributed by atoms with Crippen molar-refractivity contribution < 1.29 is 24.2 Å². The second-order valence-electron chi connectivity index (χ2n) is 10.7. The first-order chi connectivity index (χ1) is 18.4. The number of piperidine rings is 1. The van der Waals surface area contributed by atoms with Gasteiger partial charge in [0.1, 0.15) is 18.4 Å². The Morgan fingerprint density at radius 1 is 1.16 bits per heavy atom. The van der Waals surface area contributed by atoms with Gasteiger partial charge in [-0.1, -0.05) is 19.1 Å². The Hall–Kier alpha value is -3.55. The molecule has 1 saturated heterocycles. The fourth-order valence-electron chi connectivity index (χ4n) is 5.76. The van der Waals surface area contributed by atoms with Gasteiger partial charge in [-0.25, -0.2) is 9.59 Å². The van der Waals surface area contributed by atoms with Crippen LogP contribution in [0, 0.1) is 28.6 Å². The predicted octanol–water partition coefficient (Wildman–Crippen LogP) is 5.01. The van der Waals surface area contributed by atoms with Gasteiger partial charge in [-0.05, 0) is 75.0 Å². The van der Waals surface area contributed by atoms with E-state index in [0.717, 1.165) is 25.7 Å². The number of nitrogens with zero attached hydrogens (tertiary/aromatic N) is 4. The molecule has 11 nitrogen and oxygen atoms in total. The second kappa shape index (κ2) is 12.8. The molecule has 2 amide bonds. The van der Waals surface area contributed by atoms with Gasteiger partial charge in [-0.15, -0.1) is 0 Å². The molecular formula is C27H38N6O5. The normalized spacial score (nSPS) is 19.2. The number of ether oxygens (including phenoxy) is 2. The van der Waals surface area contributed by atoms with E-state index in [1.165, 1.54) is 43.1 Å². The van der Waals surface area contributed by atoms with Gasteiger partial charge in [0.25, 0.3) is 0 Å². The lowest BCUT2D eigenvalue weighted by atomic mass is 9.59. The Bertz CT molecular complexity index is 1040. The summed E-state index contributed by atoms with van der Waals surface area (Å²) in [4.78, 5) is 33.5. The number of carbonyl (C=O) groups is 2. The average Bonchev–Trinajstić information content (AvgIpc) is 2.91. The molecule has 2 saturated carbocycles. The van der Waals surface area contributed by atoms with Crippen LogP contribution >= 0.6 is 0 Å². The molecule has 3 N–H and O–H groups in total. The van der Waals surface area contributed by atoms with Gasteiger partial charge >= 0.3 is 12.2 Å². The third-order valence-corrected chi connectivity index (χ3v) is 8.32. The number of hydrogen-bond acceptors (Lipinski definition) is 8. The summed E-state index contributed by atoms with van der Waals surface area (Å²) in [6.07, 6.45) is 11.0. The molecule has 0 atom stereocenters. The SMILES string of the molecule is C=CCOC(=O)Nc1c(NCC2CCC3(CCC3)CC2)nc(C#N)nc1OCCC1CCN(C(=O)O)CC1. The molecule has 38 heavy (non-hydrogen) atoms. The van der Waals surface area contributed by atoms with Crippen LogP contribution in [0.1, 0.15) is 70.0 Å². The highest BCUT2D eigenvalue weighted by atomic mass is 16.5. The van der Waals surface area contributed by atoms with E-state index in [9.17, 15) is 14.9 Å². The first kappa shape index (κ1) is 27.5. The van der Waals surface area contributed by atoms with Crippen molar-refractivity contribution in [1.82, 2.24) is 14.9 Å². The number of hydrogen-bond donors (Lipinski definition) is 3. The van der Waals surface area contributed by atoms with Crippen LogP contribution < -0.4 is 15.4 Å². The topological polar surface area (TPSA) is 150 Å². The minimum absolute atomic E-state index is 0.0424. The van der Waals surface area contributed by atoms with Gasteiger partial charge in [0, 0.05) is 19.6 Å². The lowest BCUT2D eigenvalue weighted by Gasteiger charge is -2.47. The molecule has 0 unspecified atom stereocenters. The summed E-state index contributed by atoms with van der Waals surface area (Å²) in [7, 11) is 0. The quantitative estimate of drug-likeness (QED) is 0.357. The van der Waals surface area contributed by atoms with Crippen molar-refractivity contribution in [3.05, 3.63) is 18.5 Å². The van der Waals surface area contributed by atoms with E-state index in [1.54, 1.807) is 0 Å². The van der Waals surface area contributed by atoms with E-state index in [0.29, 0.717) is 55.7 Å². The zero-order chi connectivity index (χ0) is 27.0. The van der Waals surface area contributed by atoms with Crippen LogP contribution in [0.5, 0.6) is 5.88 Å². The number of nitrogens with one attached hydrogen (secondary N) is 2. The summed E-state index contributed by atoms with van der Waals surface area (Å²) < 4.78 is 11.1. The maximum Gasteiger partial charge on any atom is 0.412 e. The van der Waals surface area contributed by atoms with Crippen LogP contribution in [0.3, 0.4) is 0 Å². The highest BCUT2D eigenvalue weighted by Crippen LogP contribution is 2.52. The van der Waals surface area contributed by atoms with Crippen molar-refractivity contribution in [2.24, 2.45) is 17.3 Å². The minimum Gasteiger partial charge on any atom is -0.476 e. The molecule has 1 aromatic heterocycles. The van der Waals surface area contributed by atoms with E-state index in [1.807, 2.05) is 6.07 Å². The van der Waals surface area contributed by atoms with E-state index in [-0.39, 0.29) is 24.0 Å². The molecule has 1 spiro atoms. The van der Waals surface area contributed by atoms with Crippen molar-refractivity contribution in [3.63, 3.8) is 0 Å². The molecule has 3 aliphatic rings. The molecule has 206 valence electrons. The van der Waals surface area contributed by atoms with Crippen LogP contribution in [0.4, 0.5) is 21.1 Å². The Labute approximate surface area is 223 Å². The predicted molar refractivity (Wildman–Crippen MR) is 141 cm³/mol. The molecule has 1 aliphatic heterocycles. The van der Waals surface area contributed by atoms with Crippen molar-refractivity contribution >= 4 is 23.7 Å². The number of anilines is 2.